The molecule has 0 saturated heterocycles. The van der Waals surface area contributed by atoms with Crippen LogP contribution in [0.25, 0.3) is 22.3 Å². The number of aryl methyl sites for hydroxylation is 2. The number of halogens is 1. The van der Waals surface area contributed by atoms with Crippen molar-refractivity contribution in [3.8, 4) is 17.3 Å². The molecule has 136 valence electrons. The van der Waals surface area contributed by atoms with Gasteiger partial charge in [-0.25, -0.2) is 4.98 Å². The van der Waals surface area contributed by atoms with Crippen molar-refractivity contribution in [1.82, 2.24) is 19.3 Å². The van der Waals surface area contributed by atoms with Gasteiger partial charge in [0.25, 0.3) is 5.56 Å². The van der Waals surface area contributed by atoms with Crippen molar-refractivity contribution >= 4 is 22.4 Å². The Hall–Kier alpha value is -3.12. The molecule has 0 saturated carbocycles. The molecule has 6 nitrogen and oxygen atoms in total. The summed E-state index contributed by atoms with van der Waals surface area (Å²) in [5.41, 5.74) is 2.21. The molecule has 0 bridgehead atoms. The fraction of sp³-hybridized carbons (Fsp3) is 0.150. The third-order valence-electron chi connectivity index (χ3n) is 4.67. The lowest BCUT2D eigenvalue weighted by Crippen LogP contribution is -2.21. The highest BCUT2D eigenvalue weighted by molar-refractivity contribution is 6.34. The van der Waals surface area contributed by atoms with E-state index in [1.54, 1.807) is 37.7 Å². The van der Waals surface area contributed by atoms with Gasteiger partial charge in [0.2, 0.25) is 0 Å². The van der Waals surface area contributed by atoms with E-state index in [0.29, 0.717) is 22.0 Å². The second-order valence-electron chi connectivity index (χ2n) is 6.14. The van der Waals surface area contributed by atoms with E-state index in [0.717, 1.165) is 22.5 Å². The lowest BCUT2D eigenvalue weighted by Gasteiger charge is -2.13. The molecule has 27 heavy (non-hydrogen) atoms. The second-order valence-corrected chi connectivity index (χ2v) is 6.52. The SMILES string of the molecule is COc1cccc(-n2c(C)c3cnn(-c4ccccn4)c(=O)c3c2C)c1Cl. The molecular formula is C20H17ClN4O2. The van der Waals surface area contributed by atoms with E-state index < -0.39 is 0 Å². The Balaban J connectivity index is 2.03. The Labute approximate surface area is 160 Å². The van der Waals surface area contributed by atoms with Crippen molar-refractivity contribution in [2.24, 2.45) is 0 Å². The minimum absolute atomic E-state index is 0.218. The van der Waals surface area contributed by atoms with Gasteiger partial charge in [-0.1, -0.05) is 23.7 Å². The minimum Gasteiger partial charge on any atom is -0.495 e. The van der Waals surface area contributed by atoms with Crippen LogP contribution in [0.5, 0.6) is 5.75 Å². The van der Waals surface area contributed by atoms with E-state index in [-0.39, 0.29) is 5.56 Å². The second kappa shape index (κ2) is 6.55. The topological polar surface area (TPSA) is 61.9 Å². The lowest BCUT2D eigenvalue weighted by molar-refractivity contribution is 0.415. The van der Waals surface area contributed by atoms with Crippen molar-refractivity contribution in [3.05, 3.63) is 75.6 Å². The highest BCUT2D eigenvalue weighted by atomic mass is 35.5. The van der Waals surface area contributed by atoms with E-state index in [9.17, 15) is 4.79 Å². The molecule has 0 radical (unpaired) electrons. The van der Waals surface area contributed by atoms with Gasteiger partial charge in [-0.3, -0.25) is 4.79 Å². The van der Waals surface area contributed by atoms with Crippen LogP contribution in [0.4, 0.5) is 0 Å². The van der Waals surface area contributed by atoms with Crippen LogP contribution in [0.2, 0.25) is 5.02 Å². The van der Waals surface area contributed by atoms with Crippen LogP contribution in [-0.2, 0) is 0 Å². The molecule has 0 fully saturated rings. The van der Waals surface area contributed by atoms with Gasteiger partial charge in [-0.05, 0) is 38.1 Å². The number of rotatable bonds is 3. The zero-order valence-electron chi connectivity index (χ0n) is 15.1. The molecule has 0 aliphatic heterocycles. The molecule has 7 heteroatoms. The molecule has 4 rings (SSSR count). The summed E-state index contributed by atoms with van der Waals surface area (Å²) in [5.74, 6) is 1.06. The van der Waals surface area contributed by atoms with E-state index in [1.165, 1.54) is 4.68 Å². The molecule has 1 aromatic carbocycles. The number of hydrogen-bond acceptors (Lipinski definition) is 4. The Bertz CT molecular complexity index is 1210. The number of nitrogens with zero attached hydrogens (tertiary/aromatic N) is 4. The monoisotopic (exact) mass is 380 g/mol. The molecule has 0 spiro atoms. The largest absolute Gasteiger partial charge is 0.495 e. The smallest absolute Gasteiger partial charge is 0.282 e. The number of methoxy groups -OCH3 is 1. The maximum absolute atomic E-state index is 13.1. The van der Waals surface area contributed by atoms with Gasteiger partial charge >= 0.3 is 0 Å². The van der Waals surface area contributed by atoms with E-state index in [1.807, 2.05) is 36.6 Å². The first-order chi connectivity index (χ1) is 13.0. The van der Waals surface area contributed by atoms with E-state index >= 15 is 0 Å². The third-order valence-corrected chi connectivity index (χ3v) is 5.05. The zero-order chi connectivity index (χ0) is 19.1. The molecule has 0 N–H and O–H groups in total. The Kier molecular flexibility index (Phi) is 4.20. The molecule has 3 heterocycles. The first-order valence-electron chi connectivity index (χ1n) is 8.38. The summed E-state index contributed by atoms with van der Waals surface area (Å²) in [7, 11) is 1.58. The predicted molar refractivity (Wildman–Crippen MR) is 105 cm³/mol. The maximum atomic E-state index is 13.1. The molecule has 0 amide bonds. The van der Waals surface area contributed by atoms with Gasteiger partial charge in [0, 0.05) is 23.0 Å². The van der Waals surface area contributed by atoms with Crippen LogP contribution in [0.1, 0.15) is 11.4 Å². The predicted octanol–water partition coefficient (Wildman–Crippen LogP) is 3.85. The van der Waals surface area contributed by atoms with Gasteiger partial charge in [-0.15, -0.1) is 0 Å². The van der Waals surface area contributed by atoms with Crippen molar-refractivity contribution in [2.45, 2.75) is 13.8 Å². The van der Waals surface area contributed by atoms with Gasteiger partial charge in [-0.2, -0.15) is 9.78 Å². The standard InChI is InChI=1S/C20H17ClN4O2/c1-12-14-11-23-25(17-9-4-5-10-22-17)20(26)18(14)13(2)24(12)15-7-6-8-16(27-3)19(15)21/h4-11H,1-3H3. The first-order valence-corrected chi connectivity index (χ1v) is 8.76. The van der Waals surface area contributed by atoms with Gasteiger partial charge in [0.1, 0.15) is 10.8 Å². The molecular weight excluding hydrogens is 364 g/mol. The number of benzene rings is 1. The number of aromatic nitrogens is 4. The summed E-state index contributed by atoms with van der Waals surface area (Å²) in [5, 5.41) is 6.17. The van der Waals surface area contributed by atoms with Crippen molar-refractivity contribution in [3.63, 3.8) is 0 Å². The number of fused-ring (bicyclic) bond motifs is 1. The van der Waals surface area contributed by atoms with Crippen LogP contribution < -0.4 is 10.3 Å². The van der Waals surface area contributed by atoms with Gasteiger partial charge < -0.3 is 9.30 Å². The van der Waals surface area contributed by atoms with Crippen LogP contribution in [-0.4, -0.2) is 26.4 Å². The van der Waals surface area contributed by atoms with Gasteiger partial charge in [0.15, 0.2) is 5.82 Å². The molecule has 0 aliphatic rings. The number of ether oxygens (including phenoxy) is 1. The maximum Gasteiger partial charge on any atom is 0.282 e. The van der Waals surface area contributed by atoms with Crippen LogP contribution >= 0.6 is 11.6 Å². The number of hydrogen-bond donors (Lipinski definition) is 0. The molecule has 3 aromatic heterocycles. The minimum atomic E-state index is -0.218. The average Bonchev–Trinajstić information content (AvgIpc) is 2.94. The van der Waals surface area contributed by atoms with E-state index in [4.69, 9.17) is 16.3 Å². The normalized spacial score (nSPS) is 11.1. The summed E-state index contributed by atoms with van der Waals surface area (Å²) < 4.78 is 8.60. The quantitative estimate of drug-likeness (QED) is 0.541. The van der Waals surface area contributed by atoms with Crippen LogP contribution in [0, 0.1) is 13.8 Å². The summed E-state index contributed by atoms with van der Waals surface area (Å²) in [4.78, 5) is 17.4. The lowest BCUT2D eigenvalue weighted by atomic mass is 10.2. The Morgan fingerprint density at radius 2 is 1.89 bits per heavy atom. The summed E-state index contributed by atoms with van der Waals surface area (Å²) in [6.45, 7) is 3.84. The van der Waals surface area contributed by atoms with Crippen LogP contribution in [0.3, 0.4) is 0 Å². The number of pyridine rings is 1. The average molecular weight is 381 g/mol. The molecule has 0 atom stereocenters. The van der Waals surface area contributed by atoms with Gasteiger partial charge in [0.05, 0.1) is 24.4 Å². The fourth-order valence-electron chi connectivity index (χ4n) is 3.39. The fourth-order valence-corrected chi connectivity index (χ4v) is 3.68. The molecule has 0 aliphatic carbocycles. The first kappa shape index (κ1) is 17.3. The zero-order valence-corrected chi connectivity index (χ0v) is 15.9. The summed E-state index contributed by atoms with van der Waals surface area (Å²) >= 11 is 6.53. The Morgan fingerprint density at radius 1 is 1.07 bits per heavy atom. The van der Waals surface area contributed by atoms with Crippen molar-refractivity contribution < 1.29 is 4.74 Å². The Morgan fingerprint density at radius 3 is 2.59 bits per heavy atom. The summed E-state index contributed by atoms with van der Waals surface area (Å²) in [6.07, 6.45) is 3.32. The highest BCUT2D eigenvalue weighted by Gasteiger charge is 2.20. The third kappa shape index (κ3) is 2.61. The van der Waals surface area contributed by atoms with Crippen molar-refractivity contribution in [1.29, 1.82) is 0 Å². The summed E-state index contributed by atoms with van der Waals surface area (Å²) in [6, 6.07) is 10.9. The van der Waals surface area contributed by atoms with Crippen molar-refractivity contribution in [2.75, 3.05) is 7.11 Å². The highest BCUT2D eigenvalue weighted by Crippen LogP contribution is 2.34. The molecule has 4 aromatic rings. The van der Waals surface area contributed by atoms with E-state index in [2.05, 4.69) is 10.1 Å². The van der Waals surface area contributed by atoms with Crippen LogP contribution in [0.15, 0.2) is 53.6 Å². The molecule has 0 unspecified atom stereocenters.